The van der Waals surface area contributed by atoms with Gasteiger partial charge in [-0.2, -0.15) is 0 Å². The number of amides is 1. The molecule has 1 aliphatic carbocycles. The number of aldehydes is 1. The van der Waals surface area contributed by atoms with E-state index in [1.807, 2.05) is 43.3 Å². The molecule has 1 amide bonds. The summed E-state index contributed by atoms with van der Waals surface area (Å²) in [6, 6.07) is 11.3. The summed E-state index contributed by atoms with van der Waals surface area (Å²) in [5.41, 5.74) is 3.18. The Morgan fingerprint density at radius 3 is 2.66 bits per heavy atom. The number of aromatic nitrogens is 3. The van der Waals surface area contributed by atoms with Crippen LogP contribution < -0.4 is 19.7 Å². The zero-order chi connectivity index (χ0) is 26.6. The van der Waals surface area contributed by atoms with Crippen molar-refractivity contribution in [2.24, 2.45) is 0 Å². The summed E-state index contributed by atoms with van der Waals surface area (Å²) >= 11 is 6.44. The standard InChI is InChI=1S/C28H28ClN5O4/c1-17-25(29)32-26(28(36)31-23-9-7-18-5-3-4-6-21(18)22(23)16-35)33-27(17)34-13-11-19(12-14-34)38-20-8-10-24(37-2)30-15-20/h3-6,8-10,15-16,19,22H,7,11-14H2,1-2H3,(H,31,36). The third kappa shape index (κ3) is 5.33. The Morgan fingerprint density at radius 2 is 1.95 bits per heavy atom. The Kier molecular flexibility index (Phi) is 7.55. The third-order valence-corrected chi connectivity index (χ3v) is 7.26. The van der Waals surface area contributed by atoms with Crippen LogP contribution in [0.2, 0.25) is 5.15 Å². The number of rotatable bonds is 7. The van der Waals surface area contributed by atoms with Crippen LogP contribution in [0.3, 0.4) is 0 Å². The van der Waals surface area contributed by atoms with Crippen LogP contribution in [-0.2, 0) is 11.2 Å². The Bertz CT molecular complexity index is 1370. The molecule has 3 aromatic rings. The molecular weight excluding hydrogens is 506 g/mol. The van der Waals surface area contributed by atoms with Gasteiger partial charge in [0.25, 0.3) is 5.91 Å². The lowest BCUT2D eigenvalue weighted by molar-refractivity contribution is -0.108. The minimum Gasteiger partial charge on any atom is -0.489 e. The molecule has 2 aromatic heterocycles. The summed E-state index contributed by atoms with van der Waals surface area (Å²) in [7, 11) is 1.57. The number of fused-ring (bicyclic) bond motifs is 1. The number of nitrogens with one attached hydrogen (secondary N) is 1. The number of piperidine rings is 1. The number of carbonyl (C=O) groups is 2. The number of anilines is 1. The van der Waals surface area contributed by atoms with Gasteiger partial charge in [-0.1, -0.05) is 41.9 Å². The third-order valence-electron chi connectivity index (χ3n) is 6.89. The van der Waals surface area contributed by atoms with Crippen molar-refractivity contribution in [3.8, 4) is 11.6 Å². The maximum absolute atomic E-state index is 13.2. The maximum atomic E-state index is 13.2. The van der Waals surface area contributed by atoms with Gasteiger partial charge in [-0.3, -0.25) is 4.79 Å². The van der Waals surface area contributed by atoms with Gasteiger partial charge in [0.1, 0.15) is 29.1 Å². The summed E-state index contributed by atoms with van der Waals surface area (Å²) in [5.74, 6) is 0.754. The molecular formula is C28H28ClN5O4. The van der Waals surface area contributed by atoms with Gasteiger partial charge in [-0.15, -0.1) is 0 Å². The fraction of sp³-hybridized carbons (Fsp3) is 0.321. The van der Waals surface area contributed by atoms with Gasteiger partial charge in [0.05, 0.1) is 19.2 Å². The van der Waals surface area contributed by atoms with Crippen molar-refractivity contribution in [2.45, 2.75) is 38.2 Å². The van der Waals surface area contributed by atoms with E-state index in [2.05, 4.69) is 25.2 Å². The average molecular weight is 534 g/mol. The van der Waals surface area contributed by atoms with Crippen LogP contribution in [0.15, 0.2) is 54.4 Å². The molecule has 1 unspecified atom stereocenters. The Hall–Kier alpha value is -3.98. The zero-order valence-corrected chi connectivity index (χ0v) is 21.9. The lowest BCUT2D eigenvalue weighted by Crippen LogP contribution is -2.39. The first-order chi connectivity index (χ1) is 18.5. The Labute approximate surface area is 225 Å². The van der Waals surface area contributed by atoms with Crippen LogP contribution in [0.5, 0.6) is 11.6 Å². The van der Waals surface area contributed by atoms with Crippen molar-refractivity contribution in [1.82, 2.24) is 20.3 Å². The van der Waals surface area contributed by atoms with Gasteiger partial charge in [0, 0.05) is 43.3 Å². The second kappa shape index (κ2) is 11.2. The molecule has 10 heteroatoms. The molecule has 38 heavy (non-hydrogen) atoms. The second-order valence-corrected chi connectivity index (χ2v) is 9.62. The fourth-order valence-electron chi connectivity index (χ4n) is 4.82. The first-order valence-electron chi connectivity index (χ1n) is 12.5. The van der Waals surface area contributed by atoms with E-state index in [1.54, 1.807) is 19.4 Å². The van der Waals surface area contributed by atoms with Crippen LogP contribution in [0.4, 0.5) is 5.82 Å². The van der Waals surface area contributed by atoms with Gasteiger partial charge in [0.2, 0.25) is 11.7 Å². The molecule has 0 bridgehead atoms. The summed E-state index contributed by atoms with van der Waals surface area (Å²) in [6.45, 7) is 3.20. The number of carbonyl (C=O) groups excluding carboxylic acids is 2. The minimum atomic E-state index is -0.552. The number of ether oxygens (including phenoxy) is 2. The summed E-state index contributed by atoms with van der Waals surface area (Å²) in [6.07, 6.45) is 6.54. The average Bonchev–Trinajstić information content (AvgIpc) is 2.95. The maximum Gasteiger partial charge on any atom is 0.293 e. The highest BCUT2D eigenvalue weighted by molar-refractivity contribution is 6.30. The van der Waals surface area contributed by atoms with Gasteiger partial charge in [-0.25, -0.2) is 15.0 Å². The smallest absolute Gasteiger partial charge is 0.293 e. The van der Waals surface area contributed by atoms with Gasteiger partial charge in [0.15, 0.2) is 0 Å². The normalized spacial score (nSPS) is 17.3. The number of halogens is 1. The number of allylic oxidation sites excluding steroid dienone is 2. The molecule has 1 aliphatic heterocycles. The van der Waals surface area contributed by atoms with Crippen molar-refractivity contribution < 1.29 is 19.1 Å². The molecule has 0 spiro atoms. The number of nitrogens with zero attached hydrogens (tertiary/aromatic N) is 4. The second-order valence-electron chi connectivity index (χ2n) is 9.26. The number of pyridine rings is 1. The van der Waals surface area contributed by atoms with Crippen molar-refractivity contribution in [3.63, 3.8) is 0 Å². The van der Waals surface area contributed by atoms with E-state index >= 15 is 0 Å². The summed E-state index contributed by atoms with van der Waals surface area (Å²) in [5, 5.41) is 3.07. The first-order valence-corrected chi connectivity index (χ1v) is 12.8. The molecule has 1 fully saturated rings. The fourth-order valence-corrected chi connectivity index (χ4v) is 4.99. The molecule has 3 heterocycles. The number of hydrogen-bond donors (Lipinski definition) is 1. The van der Waals surface area contributed by atoms with Crippen molar-refractivity contribution >= 4 is 29.6 Å². The topological polar surface area (TPSA) is 107 Å². The summed E-state index contributed by atoms with van der Waals surface area (Å²) < 4.78 is 11.2. The van der Waals surface area contributed by atoms with Crippen molar-refractivity contribution in [3.05, 3.63) is 82.0 Å². The van der Waals surface area contributed by atoms with Crippen LogP contribution in [0, 0.1) is 6.92 Å². The Balaban J connectivity index is 1.27. The van der Waals surface area contributed by atoms with Crippen LogP contribution >= 0.6 is 11.6 Å². The highest BCUT2D eigenvalue weighted by Gasteiger charge is 2.28. The molecule has 1 N–H and O–H groups in total. The molecule has 196 valence electrons. The molecule has 0 saturated carbocycles. The lowest BCUT2D eigenvalue weighted by Gasteiger charge is -2.33. The molecule has 1 saturated heterocycles. The van der Waals surface area contributed by atoms with E-state index in [-0.39, 0.29) is 17.1 Å². The van der Waals surface area contributed by atoms with Crippen LogP contribution in [0.25, 0.3) is 0 Å². The highest BCUT2D eigenvalue weighted by Crippen LogP contribution is 2.31. The molecule has 2 aliphatic rings. The van der Waals surface area contributed by atoms with Crippen molar-refractivity contribution in [1.29, 1.82) is 0 Å². The van der Waals surface area contributed by atoms with Crippen LogP contribution in [-0.4, -0.2) is 53.4 Å². The number of benzene rings is 1. The quantitative estimate of drug-likeness (QED) is 0.358. The van der Waals surface area contributed by atoms with Gasteiger partial charge in [-0.05, 0) is 30.5 Å². The lowest BCUT2D eigenvalue weighted by atomic mass is 9.86. The molecule has 0 radical (unpaired) electrons. The van der Waals surface area contributed by atoms with E-state index in [0.717, 1.165) is 30.3 Å². The van der Waals surface area contributed by atoms with Crippen LogP contribution in [0.1, 0.15) is 46.1 Å². The largest absolute Gasteiger partial charge is 0.489 e. The van der Waals surface area contributed by atoms with Crippen molar-refractivity contribution in [2.75, 3.05) is 25.1 Å². The SMILES string of the molecule is COc1ccc(OC2CCN(c3nc(C(=O)NC4=CCc5ccccc5C4C=O)nc(Cl)c3C)CC2)cn1. The van der Waals surface area contributed by atoms with Gasteiger partial charge >= 0.3 is 0 Å². The van der Waals surface area contributed by atoms with E-state index in [4.69, 9.17) is 21.1 Å². The zero-order valence-electron chi connectivity index (χ0n) is 21.2. The Morgan fingerprint density at radius 1 is 1.16 bits per heavy atom. The monoisotopic (exact) mass is 533 g/mol. The molecule has 9 nitrogen and oxygen atoms in total. The highest BCUT2D eigenvalue weighted by atomic mass is 35.5. The first kappa shape index (κ1) is 25.7. The van der Waals surface area contributed by atoms with E-state index in [1.165, 1.54) is 0 Å². The van der Waals surface area contributed by atoms with E-state index in [0.29, 0.717) is 48.2 Å². The van der Waals surface area contributed by atoms with E-state index in [9.17, 15) is 9.59 Å². The predicted molar refractivity (Wildman–Crippen MR) is 143 cm³/mol. The molecule has 5 rings (SSSR count). The number of methoxy groups -OCH3 is 1. The van der Waals surface area contributed by atoms with Gasteiger partial charge < -0.3 is 24.5 Å². The molecule has 1 aromatic carbocycles. The van der Waals surface area contributed by atoms with E-state index < -0.39 is 11.8 Å². The minimum absolute atomic E-state index is 0.0308. The number of hydrogen-bond acceptors (Lipinski definition) is 8. The summed E-state index contributed by atoms with van der Waals surface area (Å²) in [4.78, 5) is 40.2. The predicted octanol–water partition coefficient (Wildman–Crippen LogP) is 4.04. The molecule has 1 atom stereocenters.